The molecule has 0 aliphatic heterocycles. The number of nitrogens with zero attached hydrogens (tertiary/aromatic N) is 1. The largest absolute Gasteiger partial charge is 0.316 e. The van der Waals surface area contributed by atoms with Crippen LogP contribution in [0.2, 0.25) is 0 Å². The van der Waals surface area contributed by atoms with E-state index in [1.165, 1.54) is 38.5 Å². The highest BCUT2D eigenvalue weighted by Crippen LogP contribution is 2.48. The number of rotatable bonds is 5. The molecule has 2 fully saturated rings. The molecule has 2 aliphatic carbocycles. The number of hydrogen-bond donors (Lipinski definition) is 1. The maximum Gasteiger partial charge on any atom is 0.0628 e. The molecule has 0 saturated heterocycles. The van der Waals surface area contributed by atoms with Crippen molar-refractivity contribution in [2.45, 2.75) is 51.9 Å². The first-order valence-electron chi connectivity index (χ1n) is 6.26. The van der Waals surface area contributed by atoms with Gasteiger partial charge in [0, 0.05) is 19.5 Å². The Hall–Kier alpha value is -0.550. The van der Waals surface area contributed by atoms with Crippen molar-refractivity contribution in [2.75, 3.05) is 13.1 Å². The van der Waals surface area contributed by atoms with E-state index < -0.39 is 0 Å². The minimum atomic E-state index is 0.365. The molecule has 15 heavy (non-hydrogen) atoms. The van der Waals surface area contributed by atoms with E-state index in [1.54, 1.807) is 0 Å². The van der Waals surface area contributed by atoms with Crippen LogP contribution in [0.15, 0.2) is 0 Å². The van der Waals surface area contributed by atoms with Gasteiger partial charge >= 0.3 is 0 Å². The molecule has 0 atom stereocenters. The fourth-order valence-corrected chi connectivity index (χ4v) is 2.80. The minimum Gasteiger partial charge on any atom is -0.316 e. The molecule has 0 aromatic heterocycles. The number of hydrogen-bond acceptors (Lipinski definition) is 2. The molecule has 0 heterocycles. The molecule has 2 nitrogen and oxygen atoms in total. The van der Waals surface area contributed by atoms with Gasteiger partial charge in [-0.3, -0.25) is 0 Å². The fraction of sp³-hybridized carbons (Fsp3) is 0.923. The van der Waals surface area contributed by atoms with E-state index in [-0.39, 0.29) is 0 Å². The van der Waals surface area contributed by atoms with Gasteiger partial charge in [0.15, 0.2) is 0 Å². The van der Waals surface area contributed by atoms with Gasteiger partial charge in [0.05, 0.1) is 6.07 Å². The van der Waals surface area contributed by atoms with Gasteiger partial charge in [0.1, 0.15) is 0 Å². The second-order valence-electron chi connectivity index (χ2n) is 5.96. The summed E-state index contributed by atoms with van der Waals surface area (Å²) in [6, 6.07) is 2.32. The molecule has 0 unspecified atom stereocenters. The number of nitriles is 1. The third-order valence-electron chi connectivity index (χ3n) is 4.27. The molecule has 0 aromatic rings. The van der Waals surface area contributed by atoms with Crippen LogP contribution in [-0.4, -0.2) is 13.1 Å². The summed E-state index contributed by atoms with van der Waals surface area (Å²) in [6.07, 6.45) is 8.82. The van der Waals surface area contributed by atoms with Crippen LogP contribution < -0.4 is 5.32 Å². The predicted molar refractivity (Wildman–Crippen MR) is 61.3 cm³/mol. The van der Waals surface area contributed by atoms with Crippen LogP contribution >= 0.6 is 0 Å². The summed E-state index contributed by atoms with van der Waals surface area (Å²) in [5, 5.41) is 12.3. The van der Waals surface area contributed by atoms with Crippen molar-refractivity contribution in [1.82, 2.24) is 5.32 Å². The van der Waals surface area contributed by atoms with E-state index in [1.807, 2.05) is 0 Å². The van der Waals surface area contributed by atoms with Crippen molar-refractivity contribution >= 4 is 0 Å². The Balaban J connectivity index is 1.69. The zero-order valence-corrected chi connectivity index (χ0v) is 9.81. The van der Waals surface area contributed by atoms with Crippen molar-refractivity contribution in [3.8, 4) is 6.07 Å². The number of nitrogens with one attached hydrogen (secondary N) is 1. The van der Waals surface area contributed by atoms with Crippen molar-refractivity contribution in [1.29, 1.82) is 5.26 Å². The molecular weight excluding hydrogens is 184 g/mol. The van der Waals surface area contributed by atoms with E-state index in [0.29, 0.717) is 10.8 Å². The lowest BCUT2D eigenvalue weighted by atomic mass is 9.88. The SMILES string of the molecule is CC1(CNCC2(CC#N)CC2)CCCC1. The summed E-state index contributed by atoms with van der Waals surface area (Å²) in [5.74, 6) is 0. The lowest BCUT2D eigenvalue weighted by Crippen LogP contribution is -2.33. The van der Waals surface area contributed by atoms with E-state index in [2.05, 4.69) is 18.3 Å². The summed E-state index contributed by atoms with van der Waals surface area (Å²) in [7, 11) is 0. The van der Waals surface area contributed by atoms with Gasteiger partial charge in [0.25, 0.3) is 0 Å². The van der Waals surface area contributed by atoms with Gasteiger partial charge in [0.2, 0.25) is 0 Å². The molecule has 0 spiro atoms. The Morgan fingerprint density at radius 3 is 2.33 bits per heavy atom. The normalized spacial score (nSPS) is 26.1. The molecule has 84 valence electrons. The minimum absolute atomic E-state index is 0.365. The average Bonchev–Trinajstić information content (AvgIpc) is 2.81. The fourth-order valence-electron chi connectivity index (χ4n) is 2.80. The van der Waals surface area contributed by atoms with Gasteiger partial charge in [-0.1, -0.05) is 19.8 Å². The van der Waals surface area contributed by atoms with Crippen molar-refractivity contribution < 1.29 is 0 Å². The maximum atomic E-state index is 8.73. The molecule has 0 radical (unpaired) electrons. The Kier molecular flexibility index (Phi) is 3.02. The van der Waals surface area contributed by atoms with Gasteiger partial charge in [-0.15, -0.1) is 0 Å². The summed E-state index contributed by atoms with van der Waals surface area (Å²) >= 11 is 0. The Morgan fingerprint density at radius 1 is 1.13 bits per heavy atom. The maximum absolute atomic E-state index is 8.73. The van der Waals surface area contributed by atoms with Crippen molar-refractivity contribution in [3.05, 3.63) is 0 Å². The highest BCUT2D eigenvalue weighted by atomic mass is 14.9. The lowest BCUT2D eigenvalue weighted by Gasteiger charge is -2.25. The van der Waals surface area contributed by atoms with Crippen LogP contribution in [0.5, 0.6) is 0 Å². The average molecular weight is 206 g/mol. The standard InChI is InChI=1S/C13H22N2/c1-12(4-2-3-5-12)10-15-11-13(6-7-13)8-9-14/h15H,2-8,10-11H2,1H3. The van der Waals surface area contributed by atoms with E-state index in [0.717, 1.165) is 19.5 Å². The van der Waals surface area contributed by atoms with Crippen LogP contribution in [0.25, 0.3) is 0 Å². The highest BCUT2D eigenvalue weighted by molar-refractivity contribution is 5.01. The van der Waals surface area contributed by atoms with E-state index in [9.17, 15) is 0 Å². The van der Waals surface area contributed by atoms with E-state index >= 15 is 0 Å². The first kappa shape index (κ1) is 11.0. The van der Waals surface area contributed by atoms with Crippen LogP contribution in [0, 0.1) is 22.2 Å². The van der Waals surface area contributed by atoms with Crippen molar-refractivity contribution in [3.63, 3.8) is 0 Å². The molecule has 2 saturated carbocycles. The van der Waals surface area contributed by atoms with Crippen molar-refractivity contribution in [2.24, 2.45) is 10.8 Å². The monoisotopic (exact) mass is 206 g/mol. The predicted octanol–water partition coefficient (Wildman–Crippen LogP) is 2.85. The summed E-state index contributed by atoms with van der Waals surface area (Å²) in [5.41, 5.74) is 0.909. The quantitative estimate of drug-likeness (QED) is 0.750. The topological polar surface area (TPSA) is 35.8 Å². The van der Waals surface area contributed by atoms with Crippen LogP contribution in [0.1, 0.15) is 51.9 Å². The molecule has 1 N–H and O–H groups in total. The Bertz CT molecular complexity index is 254. The molecular formula is C13H22N2. The lowest BCUT2D eigenvalue weighted by molar-refractivity contribution is 0.300. The second-order valence-corrected chi connectivity index (χ2v) is 5.96. The summed E-state index contributed by atoms with van der Waals surface area (Å²) in [6.45, 7) is 4.62. The molecule has 2 rings (SSSR count). The van der Waals surface area contributed by atoms with Gasteiger partial charge < -0.3 is 5.32 Å². The van der Waals surface area contributed by atoms with Crippen LogP contribution in [0.3, 0.4) is 0 Å². The Morgan fingerprint density at radius 2 is 1.80 bits per heavy atom. The highest BCUT2D eigenvalue weighted by Gasteiger charge is 2.42. The first-order valence-corrected chi connectivity index (χ1v) is 6.26. The van der Waals surface area contributed by atoms with Crippen LogP contribution in [-0.2, 0) is 0 Å². The van der Waals surface area contributed by atoms with Crippen LogP contribution in [0.4, 0.5) is 0 Å². The zero-order valence-electron chi connectivity index (χ0n) is 9.81. The summed E-state index contributed by atoms with van der Waals surface area (Å²) < 4.78 is 0. The Labute approximate surface area is 93.0 Å². The smallest absolute Gasteiger partial charge is 0.0628 e. The van der Waals surface area contributed by atoms with Gasteiger partial charge in [-0.05, 0) is 36.5 Å². The molecule has 0 bridgehead atoms. The molecule has 0 amide bonds. The third-order valence-corrected chi connectivity index (χ3v) is 4.27. The molecule has 2 aliphatic rings. The van der Waals surface area contributed by atoms with Gasteiger partial charge in [-0.2, -0.15) is 5.26 Å². The van der Waals surface area contributed by atoms with E-state index in [4.69, 9.17) is 5.26 Å². The third kappa shape index (κ3) is 2.72. The summed E-state index contributed by atoms with van der Waals surface area (Å²) in [4.78, 5) is 0. The molecule has 2 heteroatoms. The first-order chi connectivity index (χ1) is 7.18. The molecule has 0 aromatic carbocycles. The van der Waals surface area contributed by atoms with Gasteiger partial charge in [-0.25, -0.2) is 0 Å². The second kappa shape index (κ2) is 4.14. The zero-order chi connectivity index (χ0) is 10.8.